The monoisotopic (exact) mass is 409 g/mol. The molecule has 11 heteroatoms. The fourth-order valence-electron chi connectivity index (χ4n) is 2.55. The van der Waals surface area contributed by atoms with Crippen molar-refractivity contribution in [1.82, 2.24) is 5.32 Å². The van der Waals surface area contributed by atoms with Crippen molar-refractivity contribution < 1.29 is 33.6 Å². The molecule has 3 N–H and O–H groups in total. The van der Waals surface area contributed by atoms with E-state index in [9.17, 15) is 29.3 Å². The van der Waals surface area contributed by atoms with Crippen molar-refractivity contribution in [2.45, 2.75) is 32.7 Å². The van der Waals surface area contributed by atoms with E-state index in [0.717, 1.165) is 0 Å². The van der Waals surface area contributed by atoms with Crippen LogP contribution in [-0.4, -0.2) is 47.9 Å². The molecular weight excluding hydrogens is 386 g/mol. The molecule has 0 saturated carbocycles. The first kappa shape index (κ1) is 23.5. The summed E-state index contributed by atoms with van der Waals surface area (Å²) in [5.41, 5.74) is 5.44. The molecule has 1 aromatic rings. The van der Waals surface area contributed by atoms with Crippen LogP contribution in [-0.2, 0) is 35.1 Å². The molecule has 0 spiro atoms. The Morgan fingerprint density at radius 2 is 1.83 bits per heavy atom. The Bertz CT molecular complexity index is 780. The maximum atomic E-state index is 12.3. The maximum Gasteiger partial charge on any atom is 0.312 e. The third kappa shape index (κ3) is 7.56. The second-order valence-corrected chi connectivity index (χ2v) is 5.92. The molecule has 0 aliphatic carbocycles. The maximum absolute atomic E-state index is 12.3. The molecule has 0 aliphatic rings. The zero-order valence-corrected chi connectivity index (χ0v) is 16.1. The van der Waals surface area contributed by atoms with Crippen LogP contribution < -0.4 is 11.1 Å². The highest BCUT2D eigenvalue weighted by Crippen LogP contribution is 2.16. The molecule has 0 saturated heterocycles. The van der Waals surface area contributed by atoms with Crippen molar-refractivity contribution in [1.29, 1.82) is 0 Å². The minimum atomic E-state index is -1.52. The van der Waals surface area contributed by atoms with Gasteiger partial charge in [-0.25, -0.2) is 0 Å². The second-order valence-electron chi connectivity index (χ2n) is 5.92. The van der Waals surface area contributed by atoms with E-state index in [2.05, 4.69) is 5.32 Å². The van der Waals surface area contributed by atoms with Crippen LogP contribution in [0.1, 0.15) is 25.8 Å². The molecule has 0 aromatic heterocycles. The van der Waals surface area contributed by atoms with Crippen molar-refractivity contribution in [3.63, 3.8) is 0 Å². The number of hydrogen-bond donors (Lipinski definition) is 2. The molecule has 2 amide bonds. The van der Waals surface area contributed by atoms with E-state index in [0.29, 0.717) is 5.56 Å². The van der Waals surface area contributed by atoms with Crippen LogP contribution in [0.4, 0.5) is 5.69 Å². The highest BCUT2D eigenvalue weighted by atomic mass is 16.6. The van der Waals surface area contributed by atoms with Gasteiger partial charge in [0.2, 0.25) is 11.8 Å². The summed E-state index contributed by atoms with van der Waals surface area (Å²) in [4.78, 5) is 58.5. The molecule has 0 radical (unpaired) electrons. The number of amides is 2. The quantitative estimate of drug-likeness (QED) is 0.297. The third-order valence-electron chi connectivity index (χ3n) is 3.79. The average molecular weight is 409 g/mol. The van der Waals surface area contributed by atoms with E-state index in [1.54, 1.807) is 13.8 Å². The van der Waals surface area contributed by atoms with Gasteiger partial charge in [0, 0.05) is 12.1 Å². The molecule has 11 nitrogen and oxygen atoms in total. The summed E-state index contributed by atoms with van der Waals surface area (Å²) in [6.07, 6.45) is -0.822. The summed E-state index contributed by atoms with van der Waals surface area (Å²) in [5.74, 6) is -4.78. The summed E-state index contributed by atoms with van der Waals surface area (Å²) in [5, 5.41) is 13.1. The summed E-state index contributed by atoms with van der Waals surface area (Å²) in [6.45, 7) is 3.17. The first-order chi connectivity index (χ1) is 13.7. The number of primary amides is 1. The van der Waals surface area contributed by atoms with Crippen LogP contribution in [0.2, 0.25) is 0 Å². The molecular formula is C18H23N3O8. The number of rotatable bonds is 11. The Morgan fingerprint density at radius 3 is 2.38 bits per heavy atom. The minimum Gasteiger partial charge on any atom is -0.466 e. The predicted octanol–water partition coefficient (Wildman–Crippen LogP) is 0.240. The number of nitro groups is 1. The van der Waals surface area contributed by atoms with Crippen LogP contribution in [0.25, 0.3) is 0 Å². The normalized spacial score (nSPS) is 12.3. The van der Waals surface area contributed by atoms with Crippen LogP contribution in [0.3, 0.4) is 0 Å². The van der Waals surface area contributed by atoms with E-state index >= 15 is 0 Å². The lowest BCUT2D eigenvalue weighted by atomic mass is 9.95. The van der Waals surface area contributed by atoms with E-state index in [1.807, 2.05) is 0 Å². The first-order valence-corrected chi connectivity index (χ1v) is 8.83. The number of nitrogens with two attached hydrogens (primary N) is 1. The van der Waals surface area contributed by atoms with Crippen LogP contribution >= 0.6 is 0 Å². The van der Waals surface area contributed by atoms with Gasteiger partial charge in [-0.2, -0.15) is 0 Å². The number of esters is 2. The van der Waals surface area contributed by atoms with E-state index in [1.165, 1.54) is 24.3 Å². The van der Waals surface area contributed by atoms with Gasteiger partial charge in [-0.1, -0.05) is 12.1 Å². The van der Waals surface area contributed by atoms with Gasteiger partial charge in [0.05, 0.1) is 36.9 Å². The largest absolute Gasteiger partial charge is 0.466 e. The summed E-state index contributed by atoms with van der Waals surface area (Å²) >= 11 is 0. The fraction of sp³-hybridized carbons (Fsp3) is 0.444. The van der Waals surface area contributed by atoms with Gasteiger partial charge in [0.15, 0.2) is 0 Å². The van der Waals surface area contributed by atoms with Gasteiger partial charge in [-0.15, -0.1) is 0 Å². The van der Waals surface area contributed by atoms with Gasteiger partial charge in [-0.05, 0) is 19.4 Å². The van der Waals surface area contributed by atoms with Crippen LogP contribution in [0, 0.1) is 16.0 Å². The Kier molecular flexibility index (Phi) is 9.23. The molecule has 1 rings (SSSR count). The average Bonchev–Trinajstić information content (AvgIpc) is 2.64. The Morgan fingerprint density at radius 1 is 1.17 bits per heavy atom. The van der Waals surface area contributed by atoms with Crippen molar-refractivity contribution in [3.8, 4) is 0 Å². The zero-order chi connectivity index (χ0) is 22.0. The zero-order valence-electron chi connectivity index (χ0n) is 16.1. The molecule has 0 fully saturated rings. The van der Waals surface area contributed by atoms with Crippen molar-refractivity contribution in [2.75, 3.05) is 13.2 Å². The Hall–Kier alpha value is -3.50. The SMILES string of the molecule is CCOC(=O)C[C@@H](C(=O)OCC)[C@@H](NC(=O)Cc1cccc([N+](=O)[O-])c1)C(N)=O. The number of hydrogen-bond acceptors (Lipinski definition) is 8. The molecule has 0 aliphatic heterocycles. The number of carbonyl (C=O) groups excluding carboxylic acids is 4. The molecule has 29 heavy (non-hydrogen) atoms. The topological polar surface area (TPSA) is 168 Å². The molecule has 1 aromatic carbocycles. The number of benzene rings is 1. The first-order valence-electron chi connectivity index (χ1n) is 8.83. The van der Waals surface area contributed by atoms with Gasteiger partial charge >= 0.3 is 11.9 Å². The molecule has 158 valence electrons. The lowest BCUT2D eigenvalue weighted by molar-refractivity contribution is -0.384. The fourth-order valence-corrected chi connectivity index (χ4v) is 2.55. The van der Waals surface area contributed by atoms with Crippen LogP contribution in [0.5, 0.6) is 0 Å². The second kappa shape index (κ2) is 11.4. The van der Waals surface area contributed by atoms with Gasteiger partial charge in [0.25, 0.3) is 5.69 Å². The van der Waals surface area contributed by atoms with Crippen molar-refractivity contribution in [2.24, 2.45) is 11.7 Å². The van der Waals surface area contributed by atoms with Crippen molar-refractivity contribution >= 4 is 29.4 Å². The summed E-state index contributed by atoms with van der Waals surface area (Å²) in [7, 11) is 0. The lowest BCUT2D eigenvalue weighted by Gasteiger charge is -2.23. The molecule has 0 unspecified atom stereocenters. The summed E-state index contributed by atoms with van der Waals surface area (Å²) < 4.78 is 9.67. The van der Waals surface area contributed by atoms with Crippen LogP contribution in [0.15, 0.2) is 24.3 Å². The third-order valence-corrected chi connectivity index (χ3v) is 3.79. The number of nitro benzene ring substituents is 1. The Labute approximate surface area is 166 Å². The van der Waals surface area contributed by atoms with Gasteiger partial charge in [-0.3, -0.25) is 29.3 Å². The number of ether oxygens (including phenoxy) is 2. The number of carbonyl (C=O) groups is 4. The van der Waals surface area contributed by atoms with E-state index in [4.69, 9.17) is 15.2 Å². The molecule has 0 bridgehead atoms. The Balaban J connectivity index is 2.99. The highest BCUT2D eigenvalue weighted by molar-refractivity contribution is 5.93. The van der Waals surface area contributed by atoms with Gasteiger partial charge < -0.3 is 20.5 Å². The standard InChI is InChI=1S/C18H23N3O8/c1-3-28-15(23)10-13(18(25)29-4-2)16(17(19)24)20-14(22)9-11-6-5-7-12(8-11)21(26)27/h5-8,13,16H,3-4,9-10H2,1-2H3,(H2,19,24)(H,20,22)/t13-,16-/m1/s1. The van der Waals surface area contributed by atoms with E-state index in [-0.39, 0.29) is 25.3 Å². The number of nitrogens with one attached hydrogen (secondary N) is 1. The summed E-state index contributed by atoms with van der Waals surface area (Å²) in [6, 6.07) is 3.86. The predicted molar refractivity (Wildman–Crippen MR) is 99.3 cm³/mol. The van der Waals surface area contributed by atoms with Crippen molar-refractivity contribution in [3.05, 3.63) is 39.9 Å². The lowest BCUT2D eigenvalue weighted by Crippen LogP contribution is -2.52. The smallest absolute Gasteiger partial charge is 0.312 e. The highest BCUT2D eigenvalue weighted by Gasteiger charge is 2.37. The molecule has 0 heterocycles. The number of nitrogens with zero attached hydrogens (tertiary/aromatic N) is 1. The minimum absolute atomic E-state index is 0.00866. The number of non-ortho nitro benzene ring substituents is 1. The van der Waals surface area contributed by atoms with Gasteiger partial charge in [0.1, 0.15) is 6.04 Å². The molecule has 2 atom stereocenters. The van der Waals surface area contributed by atoms with E-state index < -0.39 is 47.1 Å².